The topological polar surface area (TPSA) is 92.3 Å². The average molecular weight is 527 g/mol. The molecule has 0 saturated carbocycles. The Hall–Kier alpha value is -4.23. The minimum Gasteiger partial charge on any atom is -0.322 e. The minimum absolute atomic E-state index is 0.0175. The predicted octanol–water partition coefficient (Wildman–Crippen LogP) is 6.58. The molecule has 194 valence electrons. The maximum Gasteiger partial charge on any atom is 0.261 e. The molecule has 4 aromatic carbocycles. The molecule has 2 N–H and O–H groups in total. The van der Waals surface area contributed by atoms with Gasteiger partial charge < -0.3 is 5.32 Å². The first-order valence-electron chi connectivity index (χ1n) is 12.2. The van der Waals surface area contributed by atoms with Crippen LogP contribution in [0, 0.1) is 6.92 Å². The van der Waals surface area contributed by atoms with Crippen molar-refractivity contribution in [3.63, 3.8) is 0 Å². The van der Waals surface area contributed by atoms with E-state index in [2.05, 4.69) is 30.8 Å². The normalized spacial score (nSPS) is 11.6. The summed E-state index contributed by atoms with van der Waals surface area (Å²) in [7, 11) is -3.89. The third-order valence-electron chi connectivity index (χ3n) is 6.14. The van der Waals surface area contributed by atoms with Crippen LogP contribution in [0.2, 0.25) is 0 Å². The molecule has 0 aliphatic rings. The van der Waals surface area contributed by atoms with Crippen molar-refractivity contribution in [1.82, 2.24) is 0 Å². The fraction of sp³-hybridized carbons (Fsp3) is 0.161. The van der Waals surface area contributed by atoms with Crippen LogP contribution in [-0.2, 0) is 15.4 Å². The number of carbonyl (C=O) groups excluding carboxylic acids is 2. The molecular weight excluding hydrogens is 496 g/mol. The molecule has 4 rings (SSSR count). The van der Waals surface area contributed by atoms with Crippen LogP contribution >= 0.6 is 0 Å². The summed E-state index contributed by atoms with van der Waals surface area (Å²) in [5.41, 5.74) is 3.75. The molecular formula is C31H30N2O4S. The smallest absolute Gasteiger partial charge is 0.261 e. The fourth-order valence-electron chi connectivity index (χ4n) is 3.92. The van der Waals surface area contributed by atoms with E-state index >= 15 is 0 Å². The Morgan fingerprint density at radius 1 is 0.737 bits per heavy atom. The predicted molar refractivity (Wildman–Crippen MR) is 151 cm³/mol. The lowest BCUT2D eigenvalue weighted by Crippen LogP contribution is -2.18. The van der Waals surface area contributed by atoms with Crippen LogP contribution < -0.4 is 10.0 Å². The Kier molecular flexibility index (Phi) is 7.51. The van der Waals surface area contributed by atoms with Gasteiger partial charge in [-0.15, -0.1) is 0 Å². The molecule has 0 unspecified atom stereocenters. The molecule has 0 saturated heterocycles. The van der Waals surface area contributed by atoms with Gasteiger partial charge in [-0.2, -0.15) is 0 Å². The SMILES string of the molecule is Cc1ccc(S(=O)(=O)Nc2ccccc2C(=O)Nc2cccc(C(=O)c3ccc(C(C)(C)C)cc3)c2)cc1. The molecule has 0 aliphatic heterocycles. The van der Waals surface area contributed by atoms with E-state index in [0.29, 0.717) is 16.8 Å². The first-order chi connectivity index (χ1) is 17.9. The number of aryl methyl sites for hydroxylation is 1. The summed E-state index contributed by atoms with van der Waals surface area (Å²) >= 11 is 0. The molecule has 0 aromatic heterocycles. The standard InChI is InChI=1S/C31H30N2O4S/c1-21-12-18-26(19-13-21)38(36,37)33-28-11-6-5-10-27(28)30(35)32-25-9-7-8-23(20-25)29(34)22-14-16-24(17-15-22)31(2,3)4/h5-20,33H,1-4H3,(H,32,35). The second kappa shape index (κ2) is 10.6. The number of para-hydroxylation sites is 1. The van der Waals surface area contributed by atoms with Crippen LogP contribution in [0.5, 0.6) is 0 Å². The zero-order valence-corrected chi connectivity index (χ0v) is 22.6. The summed E-state index contributed by atoms with van der Waals surface area (Å²) in [6.07, 6.45) is 0. The van der Waals surface area contributed by atoms with Gasteiger partial charge in [0.25, 0.3) is 15.9 Å². The third-order valence-corrected chi connectivity index (χ3v) is 7.52. The van der Waals surface area contributed by atoms with E-state index in [1.807, 2.05) is 31.2 Å². The molecule has 1 amide bonds. The quantitative estimate of drug-likeness (QED) is 0.266. The first-order valence-corrected chi connectivity index (χ1v) is 13.7. The van der Waals surface area contributed by atoms with Gasteiger partial charge in [0.1, 0.15) is 0 Å². The van der Waals surface area contributed by atoms with Crippen molar-refractivity contribution >= 4 is 33.1 Å². The van der Waals surface area contributed by atoms with Crippen molar-refractivity contribution in [2.24, 2.45) is 0 Å². The molecule has 0 atom stereocenters. The average Bonchev–Trinajstić information content (AvgIpc) is 2.88. The molecule has 6 nitrogen and oxygen atoms in total. The van der Waals surface area contributed by atoms with Crippen molar-refractivity contribution in [1.29, 1.82) is 0 Å². The number of anilines is 2. The molecule has 0 bridgehead atoms. The summed E-state index contributed by atoms with van der Waals surface area (Å²) in [6.45, 7) is 8.21. The summed E-state index contributed by atoms with van der Waals surface area (Å²) < 4.78 is 28.3. The van der Waals surface area contributed by atoms with Gasteiger partial charge in [0, 0.05) is 16.8 Å². The van der Waals surface area contributed by atoms with Crippen molar-refractivity contribution < 1.29 is 18.0 Å². The highest BCUT2D eigenvalue weighted by Gasteiger charge is 2.19. The zero-order valence-electron chi connectivity index (χ0n) is 21.8. The van der Waals surface area contributed by atoms with Crippen molar-refractivity contribution in [2.75, 3.05) is 10.0 Å². The lowest BCUT2D eigenvalue weighted by Gasteiger charge is -2.19. The van der Waals surface area contributed by atoms with Crippen molar-refractivity contribution in [3.05, 3.63) is 125 Å². The first kappa shape index (κ1) is 26.8. The lowest BCUT2D eigenvalue weighted by atomic mass is 9.86. The van der Waals surface area contributed by atoms with E-state index < -0.39 is 15.9 Å². The Morgan fingerprint density at radius 2 is 1.39 bits per heavy atom. The van der Waals surface area contributed by atoms with Gasteiger partial charge in [-0.3, -0.25) is 14.3 Å². The fourth-order valence-corrected chi connectivity index (χ4v) is 5.00. The van der Waals surface area contributed by atoms with E-state index in [1.165, 1.54) is 24.3 Å². The maximum atomic E-state index is 13.2. The number of ketones is 1. The summed E-state index contributed by atoms with van der Waals surface area (Å²) in [4.78, 5) is 26.3. The highest BCUT2D eigenvalue weighted by Crippen LogP contribution is 2.25. The molecule has 7 heteroatoms. The number of nitrogens with one attached hydrogen (secondary N) is 2. The molecule has 0 spiro atoms. The van der Waals surface area contributed by atoms with E-state index in [0.717, 1.165) is 11.1 Å². The summed E-state index contributed by atoms with van der Waals surface area (Å²) in [6, 6.07) is 27.0. The molecule has 0 fully saturated rings. The van der Waals surface area contributed by atoms with Crippen LogP contribution in [-0.4, -0.2) is 20.1 Å². The monoisotopic (exact) mass is 526 g/mol. The van der Waals surface area contributed by atoms with Crippen LogP contribution in [0.15, 0.2) is 102 Å². The van der Waals surface area contributed by atoms with E-state index in [9.17, 15) is 18.0 Å². The van der Waals surface area contributed by atoms with Gasteiger partial charge in [0.2, 0.25) is 0 Å². The van der Waals surface area contributed by atoms with E-state index in [4.69, 9.17) is 0 Å². The molecule has 0 radical (unpaired) electrons. The van der Waals surface area contributed by atoms with Gasteiger partial charge in [-0.25, -0.2) is 8.42 Å². The van der Waals surface area contributed by atoms with Gasteiger partial charge in [0.05, 0.1) is 16.1 Å². The number of benzene rings is 4. The number of carbonyl (C=O) groups is 2. The zero-order chi connectivity index (χ0) is 27.5. The Labute approximate surface area is 223 Å². The van der Waals surface area contributed by atoms with Crippen molar-refractivity contribution in [3.8, 4) is 0 Å². The maximum absolute atomic E-state index is 13.2. The van der Waals surface area contributed by atoms with Gasteiger partial charge >= 0.3 is 0 Å². The summed E-state index contributed by atoms with van der Waals surface area (Å²) in [5, 5.41) is 2.78. The number of amides is 1. The Morgan fingerprint density at radius 3 is 2.05 bits per heavy atom. The third kappa shape index (κ3) is 6.18. The van der Waals surface area contributed by atoms with Crippen LogP contribution in [0.1, 0.15) is 58.2 Å². The van der Waals surface area contributed by atoms with Crippen LogP contribution in [0.4, 0.5) is 11.4 Å². The van der Waals surface area contributed by atoms with Crippen LogP contribution in [0.3, 0.4) is 0 Å². The number of rotatable bonds is 7. The highest BCUT2D eigenvalue weighted by atomic mass is 32.2. The highest BCUT2D eigenvalue weighted by molar-refractivity contribution is 7.92. The Balaban J connectivity index is 1.53. The number of sulfonamides is 1. The molecule has 0 heterocycles. The number of hydrogen-bond acceptors (Lipinski definition) is 4. The van der Waals surface area contributed by atoms with E-state index in [1.54, 1.807) is 48.5 Å². The largest absolute Gasteiger partial charge is 0.322 e. The Bertz CT molecular complexity index is 1580. The van der Waals surface area contributed by atoms with Crippen LogP contribution in [0.25, 0.3) is 0 Å². The van der Waals surface area contributed by atoms with Gasteiger partial charge in [0.15, 0.2) is 5.78 Å². The lowest BCUT2D eigenvalue weighted by molar-refractivity contribution is 0.102. The second-order valence-electron chi connectivity index (χ2n) is 10.2. The molecule has 38 heavy (non-hydrogen) atoms. The van der Waals surface area contributed by atoms with E-state index in [-0.39, 0.29) is 27.3 Å². The molecule has 4 aromatic rings. The minimum atomic E-state index is -3.89. The second-order valence-corrected chi connectivity index (χ2v) is 11.8. The van der Waals surface area contributed by atoms with Crippen molar-refractivity contribution in [2.45, 2.75) is 38.0 Å². The van der Waals surface area contributed by atoms with Gasteiger partial charge in [-0.1, -0.05) is 87.0 Å². The molecule has 0 aliphatic carbocycles. The number of hydrogen-bond donors (Lipinski definition) is 2. The summed E-state index contributed by atoms with van der Waals surface area (Å²) in [5.74, 6) is -0.667. The van der Waals surface area contributed by atoms with Gasteiger partial charge in [-0.05, 0) is 54.3 Å².